The minimum atomic E-state index is 0.103. The molecular weight excluding hydrogens is 204 g/mol. The van der Waals surface area contributed by atoms with E-state index in [1.807, 2.05) is 6.92 Å². The zero-order chi connectivity index (χ0) is 11.8. The van der Waals surface area contributed by atoms with Crippen LogP contribution < -0.4 is 10.6 Å². The monoisotopic (exact) mass is 224 g/mol. The molecule has 1 rings (SSSR count). The van der Waals surface area contributed by atoms with Crippen LogP contribution in [0.1, 0.15) is 25.8 Å². The Morgan fingerprint density at radius 2 is 1.88 bits per heavy atom. The van der Waals surface area contributed by atoms with Crippen LogP contribution in [-0.2, 0) is 6.42 Å². The third-order valence-corrected chi connectivity index (χ3v) is 2.19. The van der Waals surface area contributed by atoms with E-state index in [2.05, 4.69) is 27.5 Å². The summed E-state index contributed by atoms with van der Waals surface area (Å²) in [5, 5.41) is 15.1. The fourth-order valence-corrected chi connectivity index (χ4v) is 1.55. The third kappa shape index (κ3) is 3.34. The molecule has 90 valence electrons. The number of aliphatic hydroxyl groups is 1. The van der Waals surface area contributed by atoms with E-state index < -0.39 is 0 Å². The number of aliphatic hydroxyl groups excluding tert-OH is 1. The van der Waals surface area contributed by atoms with Crippen LogP contribution in [0.3, 0.4) is 0 Å². The van der Waals surface area contributed by atoms with Crippen LogP contribution in [0.15, 0.2) is 6.33 Å². The minimum Gasteiger partial charge on any atom is -0.395 e. The van der Waals surface area contributed by atoms with Crippen molar-refractivity contribution in [3.63, 3.8) is 0 Å². The molecule has 16 heavy (non-hydrogen) atoms. The van der Waals surface area contributed by atoms with E-state index in [1.165, 1.54) is 6.33 Å². The molecule has 0 amide bonds. The Balaban J connectivity index is 2.90. The van der Waals surface area contributed by atoms with Crippen molar-refractivity contribution in [2.75, 3.05) is 30.3 Å². The van der Waals surface area contributed by atoms with Crippen molar-refractivity contribution in [3.05, 3.63) is 11.9 Å². The van der Waals surface area contributed by atoms with Crippen molar-refractivity contribution >= 4 is 11.6 Å². The van der Waals surface area contributed by atoms with Crippen LogP contribution in [0, 0.1) is 0 Å². The van der Waals surface area contributed by atoms with Gasteiger partial charge in [-0.15, -0.1) is 0 Å². The highest BCUT2D eigenvalue weighted by molar-refractivity contribution is 5.57. The second-order valence-electron chi connectivity index (χ2n) is 3.48. The highest BCUT2D eigenvalue weighted by atomic mass is 16.3. The van der Waals surface area contributed by atoms with E-state index in [0.29, 0.717) is 6.54 Å². The van der Waals surface area contributed by atoms with Gasteiger partial charge in [-0.25, -0.2) is 9.97 Å². The third-order valence-electron chi connectivity index (χ3n) is 2.19. The summed E-state index contributed by atoms with van der Waals surface area (Å²) >= 11 is 0. The molecule has 0 aliphatic rings. The lowest BCUT2D eigenvalue weighted by atomic mass is 10.1. The van der Waals surface area contributed by atoms with Gasteiger partial charge in [-0.1, -0.05) is 13.3 Å². The molecule has 0 aliphatic carbocycles. The number of nitrogens with zero attached hydrogens (tertiary/aromatic N) is 2. The average Bonchev–Trinajstić information content (AvgIpc) is 2.30. The molecule has 5 heteroatoms. The summed E-state index contributed by atoms with van der Waals surface area (Å²) in [5.41, 5.74) is 1.10. The lowest BCUT2D eigenvalue weighted by molar-refractivity contribution is 0.311. The average molecular weight is 224 g/mol. The maximum Gasteiger partial charge on any atom is 0.134 e. The van der Waals surface area contributed by atoms with Crippen LogP contribution in [0.2, 0.25) is 0 Å². The second-order valence-corrected chi connectivity index (χ2v) is 3.48. The smallest absolute Gasteiger partial charge is 0.134 e. The normalized spacial score (nSPS) is 10.2. The van der Waals surface area contributed by atoms with Gasteiger partial charge in [0.1, 0.15) is 18.0 Å². The van der Waals surface area contributed by atoms with Crippen molar-refractivity contribution in [2.24, 2.45) is 0 Å². The Morgan fingerprint density at radius 1 is 1.19 bits per heavy atom. The number of aromatic nitrogens is 2. The molecule has 1 aromatic rings. The van der Waals surface area contributed by atoms with Crippen molar-refractivity contribution in [1.82, 2.24) is 9.97 Å². The van der Waals surface area contributed by atoms with Crippen molar-refractivity contribution < 1.29 is 5.11 Å². The van der Waals surface area contributed by atoms with E-state index in [1.54, 1.807) is 0 Å². The Kier molecular flexibility index (Phi) is 5.56. The maximum atomic E-state index is 8.80. The molecule has 0 aliphatic heterocycles. The van der Waals surface area contributed by atoms with Crippen molar-refractivity contribution in [3.8, 4) is 0 Å². The van der Waals surface area contributed by atoms with Crippen molar-refractivity contribution in [1.29, 1.82) is 0 Å². The second kappa shape index (κ2) is 7.00. The van der Waals surface area contributed by atoms with Crippen LogP contribution in [0.5, 0.6) is 0 Å². The number of nitrogens with one attached hydrogen (secondary N) is 2. The van der Waals surface area contributed by atoms with Gasteiger partial charge in [0.25, 0.3) is 0 Å². The Hall–Kier alpha value is -1.36. The Bertz CT molecular complexity index is 317. The Morgan fingerprint density at radius 3 is 2.44 bits per heavy atom. The molecule has 0 atom stereocenters. The molecule has 0 unspecified atom stereocenters. The quantitative estimate of drug-likeness (QED) is 0.650. The molecule has 0 fully saturated rings. The summed E-state index contributed by atoms with van der Waals surface area (Å²) in [5.74, 6) is 1.71. The molecule has 1 heterocycles. The highest BCUT2D eigenvalue weighted by Crippen LogP contribution is 2.21. The van der Waals surface area contributed by atoms with Crippen LogP contribution in [0.4, 0.5) is 11.6 Å². The van der Waals surface area contributed by atoms with Gasteiger partial charge in [-0.3, -0.25) is 0 Å². The predicted molar refractivity (Wildman–Crippen MR) is 65.8 cm³/mol. The summed E-state index contributed by atoms with van der Waals surface area (Å²) < 4.78 is 0. The molecular formula is C11H20N4O. The van der Waals surface area contributed by atoms with E-state index >= 15 is 0 Å². The fourth-order valence-electron chi connectivity index (χ4n) is 1.55. The predicted octanol–water partition coefficient (Wildman–Crippen LogP) is 1.27. The molecule has 0 saturated carbocycles. The summed E-state index contributed by atoms with van der Waals surface area (Å²) in [6.07, 6.45) is 3.51. The molecule has 0 saturated heterocycles. The van der Waals surface area contributed by atoms with Crippen LogP contribution in [-0.4, -0.2) is 34.8 Å². The lowest BCUT2D eigenvalue weighted by Gasteiger charge is -2.13. The fraction of sp³-hybridized carbons (Fsp3) is 0.636. The van der Waals surface area contributed by atoms with E-state index in [0.717, 1.165) is 36.6 Å². The summed E-state index contributed by atoms with van der Waals surface area (Å²) in [6.45, 7) is 5.62. The van der Waals surface area contributed by atoms with Crippen molar-refractivity contribution in [2.45, 2.75) is 26.7 Å². The summed E-state index contributed by atoms with van der Waals surface area (Å²) in [7, 11) is 0. The van der Waals surface area contributed by atoms with Gasteiger partial charge in [0.2, 0.25) is 0 Å². The molecule has 0 bridgehead atoms. The first-order valence-electron chi connectivity index (χ1n) is 5.75. The summed E-state index contributed by atoms with van der Waals surface area (Å²) in [6, 6.07) is 0. The molecule has 0 spiro atoms. The van der Waals surface area contributed by atoms with Gasteiger partial charge in [0, 0.05) is 18.7 Å². The maximum absolute atomic E-state index is 8.80. The van der Waals surface area contributed by atoms with Gasteiger partial charge in [-0.05, 0) is 13.3 Å². The largest absolute Gasteiger partial charge is 0.395 e. The first kappa shape index (κ1) is 12.7. The Labute approximate surface area is 96.3 Å². The van der Waals surface area contributed by atoms with Gasteiger partial charge in [0.05, 0.1) is 6.61 Å². The zero-order valence-corrected chi connectivity index (χ0v) is 9.95. The minimum absolute atomic E-state index is 0.103. The van der Waals surface area contributed by atoms with E-state index in [-0.39, 0.29) is 6.61 Å². The molecule has 3 N–H and O–H groups in total. The first-order valence-corrected chi connectivity index (χ1v) is 5.75. The van der Waals surface area contributed by atoms with Gasteiger partial charge < -0.3 is 15.7 Å². The van der Waals surface area contributed by atoms with E-state index in [9.17, 15) is 0 Å². The SMILES string of the molecule is CCCc1c(NCC)ncnc1NCCO. The number of rotatable bonds is 7. The molecule has 1 aromatic heterocycles. The van der Waals surface area contributed by atoms with Crippen LogP contribution >= 0.6 is 0 Å². The van der Waals surface area contributed by atoms with Gasteiger partial charge in [0.15, 0.2) is 0 Å². The standard InChI is InChI=1S/C11H20N4O/c1-3-5-9-10(12-4-2)14-8-15-11(9)13-6-7-16/h8,16H,3-7H2,1-2H3,(H2,12,13,14,15). The zero-order valence-electron chi connectivity index (χ0n) is 9.95. The number of anilines is 2. The van der Waals surface area contributed by atoms with Crippen LogP contribution in [0.25, 0.3) is 0 Å². The lowest BCUT2D eigenvalue weighted by Crippen LogP contribution is -2.12. The van der Waals surface area contributed by atoms with Gasteiger partial charge >= 0.3 is 0 Å². The van der Waals surface area contributed by atoms with Gasteiger partial charge in [-0.2, -0.15) is 0 Å². The van der Waals surface area contributed by atoms with E-state index in [4.69, 9.17) is 5.11 Å². The molecule has 0 aromatic carbocycles. The molecule has 5 nitrogen and oxygen atoms in total. The highest BCUT2D eigenvalue weighted by Gasteiger charge is 2.09. The first-order chi connectivity index (χ1) is 7.83. The number of hydrogen-bond donors (Lipinski definition) is 3. The number of hydrogen-bond acceptors (Lipinski definition) is 5. The molecule has 0 radical (unpaired) electrons. The topological polar surface area (TPSA) is 70.1 Å². The summed E-state index contributed by atoms with van der Waals surface area (Å²) in [4.78, 5) is 8.44.